The Bertz CT molecular complexity index is 728. The molecule has 0 bridgehead atoms. The van der Waals surface area contributed by atoms with Crippen molar-refractivity contribution in [2.75, 3.05) is 21.3 Å². The number of esters is 1. The van der Waals surface area contributed by atoms with Gasteiger partial charge in [0.05, 0.1) is 27.4 Å². The molecule has 1 aromatic rings. The second kappa shape index (κ2) is 7.84. The van der Waals surface area contributed by atoms with E-state index in [0.29, 0.717) is 11.5 Å². The highest BCUT2D eigenvalue weighted by atomic mass is 16.5. The maximum Gasteiger partial charge on any atom is 0.323 e. The predicted octanol–water partition coefficient (Wildman–Crippen LogP) is -0.963. The molecule has 3 rings (SSSR count). The van der Waals surface area contributed by atoms with Crippen LogP contribution in [0.3, 0.4) is 0 Å². The largest absolute Gasteiger partial charge is 0.493 e. The van der Waals surface area contributed by atoms with E-state index in [9.17, 15) is 25.2 Å². The molecule has 6 atom stereocenters. The van der Waals surface area contributed by atoms with Crippen molar-refractivity contribution in [3.8, 4) is 11.5 Å². The maximum atomic E-state index is 12.4. The molecule has 0 unspecified atom stereocenters. The highest BCUT2D eigenvalue weighted by molar-refractivity contribution is 5.76. The number of aliphatic hydroxyl groups excluding tert-OH is 3. The lowest BCUT2D eigenvalue weighted by Crippen LogP contribution is -2.64. The molecule has 1 saturated carbocycles. The van der Waals surface area contributed by atoms with Gasteiger partial charge in [0.25, 0.3) is 0 Å². The van der Waals surface area contributed by atoms with Gasteiger partial charge in [0.1, 0.15) is 23.9 Å². The highest BCUT2D eigenvalue weighted by Crippen LogP contribution is 2.44. The summed E-state index contributed by atoms with van der Waals surface area (Å²) in [4.78, 5) is 14.1. The van der Waals surface area contributed by atoms with Crippen LogP contribution in [0.4, 0.5) is 0 Å². The Labute approximate surface area is 163 Å². The molecule has 1 aliphatic carbocycles. The van der Waals surface area contributed by atoms with Crippen LogP contribution in [-0.2, 0) is 16.1 Å². The predicted molar refractivity (Wildman–Crippen MR) is 96.9 cm³/mol. The number of benzene rings is 1. The van der Waals surface area contributed by atoms with Gasteiger partial charge in [-0.2, -0.15) is 0 Å². The summed E-state index contributed by atoms with van der Waals surface area (Å²) in [6.07, 6.45) is -4.38. The fraction of sp³-hybridized carbons (Fsp3) is 0.632. The molecule has 0 radical (unpaired) electrons. The van der Waals surface area contributed by atoms with E-state index in [1.807, 2.05) is 0 Å². The number of hydrogen-bond acceptors (Lipinski definition) is 9. The zero-order valence-corrected chi connectivity index (χ0v) is 16.1. The molecule has 1 aromatic carbocycles. The van der Waals surface area contributed by atoms with E-state index in [1.165, 1.54) is 21.3 Å². The average molecular weight is 397 g/mol. The SMILES string of the molecule is COC(=O)[C@@H]1C[C@@]2(O)[C@@H](O)[C@@H](O)[C@H](O)C[C@H]2N1Cc1ccc(OC)c(OC)c1. The summed E-state index contributed by atoms with van der Waals surface area (Å²) >= 11 is 0. The Kier molecular flexibility index (Phi) is 5.83. The van der Waals surface area contributed by atoms with E-state index in [4.69, 9.17) is 14.2 Å². The van der Waals surface area contributed by atoms with E-state index >= 15 is 0 Å². The van der Waals surface area contributed by atoms with Crippen molar-refractivity contribution < 1.29 is 39.4 Å². The van der Waals surface area contributed by atoms with Crippen LogP contribution >= 0.6 is 0 Å². The van der Waals surface area contributed by atoms with Crippen LogP contribution in [0.25, 0.3) is 0 Å². The number of aliphatic hydroxyl groups is 4. The Hall–Kier alpha value is -1.91. The van der Waals surface area contributed by atoms with Gasteiger partial charge in [-0.25, -0.2) is 0 Å². The van der Waals surface area contributed by atoms with Crippen molar-refractivity contribution in [1.82, 2.24) is 4.90 Å². The number of fused-ring (bicyclic) bond motifs is 1. The van der Waals surface area contributed by atoms with Gasteiger partial charge in [-0.3, -0.25) is 9.69 Å². The Morgan fingerprint density at radius 2 is 1.86 bits per heavy atom. The van der Waals surface area contributed by atoms with Crippen LogP contribution in [0.2, 0.25) is 0 Å². The molecule has 1 saturated heterocycles. The lowest BCUT2D eigenvalue weighted by Gasteiger charge is -2.45. The third-order valence-corrected chi connectivity index (χ3v) is 5.88. The van der Waals surface area contributed by atoms with Gasteiger partial charge in [-0.15, -0.1) is 0 Å². The third-order valence-electron chi connectivity index (χ3n) is 5.88. The molecule has 28 heavy (non-hydrogen) atoms. The summed E-state index contributed by atoms with van der Waals surface area (Å²) in [6.45, 7) is 0.239. The quantitative estimate of drug-likeness (QED) is 0.464. The normalized spacial score (nSPS) is 35.3. The fourth-order valence-corrected chi connectivity index (χ4v) is 4.36. The topological polar surface area (TPSA) is 129 Å². The zero-order valence-electron chi connectivity index (χ0n) is 16.1. The van der Waals surface area contributed by atoms with Crippen molar-refractivity contribution in [3.05, 3.63) is 23.8 Å². The van der Waals surface area contributed by atoms with E-state index < -0.39 is 42.0 Å². The minimum absolute atomic E-state index is 0.00944. The molecule has 0 amide bonds. The highest BCUT2D eigenvalue weighted by Gasteiger charge is 2.62. The molecular formula is C19H27NO8. The molecule has 2 fully saturated rings. The van der Waals surface area contributed by atoms with Crippen LogP contribution in [0.15, 0.2) is 18.2 Å². The summed E-state index contributed by atoms with van der Waals surface area (Å²) in [6, 6.07) is 3.73. The first-order chi connectivity index (χ1) is 13.3. The first kappa shape index (κ1) is 20.8. The Morgan fingerprint density at radius 1 is 1.18 bits per heavy atom. The van der Waals surface area contributed by atoms with Crippen LogP contribution < -0.4 is 9.47 Å². The average Bonchev–Trinajstić information content (AvgIpc) is 2.98. The molecule has 0 spiro atoms. The second-order valence-electron chi connectivity index (χ2n) is 7.35. The fourth-order valence-electron chi connectivity index (χ4n) is 4.36. The number of carbonyl (C=O) groups excluding carboxylic acids is 1. The van der Waals surface area contributed by atoms with Gasteiger partial charge in [0, 0.05) is 19.0 Å². The van der Waals surface area contributed by atoms with Crippen molar-refractivity contribution in [1.29, 1.82) is 0 Å². The first-order valence-corrected chi connectivity index (χ1v) is 9.07. The summed E-state index contributed by atoms with van der Waals surface area (Å²) in [5.41, 5.74) is -0.959. The minimum Gasteiger partial charge on any atom is -0.493 e. The van der Waals surface area contributed by atoms with E-state index in [-0.39, 0.29) is 19.4 Å². The van der Waals surface area contributed by atoms with Crippen LogP contribution in [-0.4, -0.2) is 88.6 Å². The lowest BCUT2D eigenvalue weighted by molar-refractivity contribution is -0.197. The van der Waals surface area contributed by atoms with E-state index in [1.54, 1.807) is 23.1 Å². The lowest BCUT2D eigenvalue weighted by atomic mass is 9.75. The number of hydrogen-bond donors (Lipinski definition) is 4. The zero-order chi connectivity index (χ0) is 20.6. The van der Waals surface area contributed by atoms with E-state index in [2.05, 4.69) is 0 Å². The summed E-state index contributed by atoms with van der Waals surface area (Å²) in [5, 5.41) is 41.7. The molecular weight excluding hydrogens is 370 g/mol. The molecule has 4 N–H and O–H groups in total. The summed E-state index contributed by atoms with van der Waals surface area (Å²) < 4.78 is 15.4. The van der Waals surface area contributed by atoms with Gasteiger partial charge in [0.15, 0.2) is 11.5 Å². The first-order valence-electron chi connectivity index (χ1n) is 9.07. The number of carbonyl (C=O) groups is 1. The second-order valence-corrected chi connectivity index (χ2v) is 7.35. The Morgan fingerprint density at radius 3 is 2.46 bits per heavy atom. The molecule has 156 valence electrons. The monoisotopic (exact) mass is 397 g/mol. The number of nitrogens with zero attached hydrogens (tertiary/aromatic N) is 1. The smallest absolute Gasteiger partial charge is 0.323 e. The number of ether oxygens (including phenoxy) is 3. The number of rotatable bonds is 5. The summed E-state index contributed by atoms with van der Waals surface area (Å²) in [5.74, 6) is 0.517. The maximum absolute atomic E-state index is 12.4. The Balaban J connectivity index is 1.95. The van der Waals surface area contributed by atoms with Crippen molar-refractivity contribution >= 4 is 5.97 Å². The van der Waals surface area contributed by atoms with Crippen LogP contribution in [0, 0.1) is 0 Å². The molecule has 9 heteroatoms. The van der Waals surface area contributed by atoms with Gasteiger partial charge in [0.2, 0.25) is 0 Å². The van der Waals surface area contributed by atoms with Crippen LogP contribution in [0.1, 0.15) is 18.4 Å². The van der Waals surface area contributed by atoms with Gasteiger partial charge in [-0.05, 0) is 24.1 Å². The van der Waals surface area contributed by atoms with Crippen molar-refractivity contribution in [3.63, 3.8) is 0 Å². The van der Waals surface area contributed by atoms with Gasteiger partial charge < -0.3 is 34.6 Å². The molecule has 1 aliphatic heterocycles. The van der Waals surface area contributed by atoms with Crippen molar-refractivity contribution in [2.45, 2.75) is 55.4 Å². The number of methoxy groups -OCH3 is 3. The molecule has 0 aromatic heterocycles. The molecule has 9 nitrogen and oxygen atoms in total. The summed E-state index contributed by atoms with van der Waals surface area (Å²) in [7, 11) is 4.30. The van der Waals surface area contributed by atoms with Crippen molar-refractivity contribution in [2.24, 2.45) is 0 Å². The van der Waals surface area contributed by atoms with Gasteiger partial charge >= 0.3 is 5.97 Å². The molecule has 1 heterocycles. The van der Waals surface area contributed by atoms with Gasteiger partial charge in [-0.1, -0.05) is 6.07 Å². The standard InChI is InChI=1S/C19H27NO8/c1-26-13-5-4-10(6-14(13)27-2)9-20-11(18(24)28-3)8-19(25)15(20)7-12(21)16(22)17(19)23/h4-6,11-12,15-17,21-23,25H,7-9H2,1-3H3/t11-,12+,15+,16-,17-,19-/m0/s1. The number of likely N-dealkylation sites (tertiary alicyclic amines) is 1. The third kappa shape index (κ3) is 3.33. The molecule has 2 aliphatic rings. The van der Waals surface area contributed by atoms with E-state index in [0.717, 1.165) is 5.56 Å². The minimum atomic E-state index is -1.74. The van der Waals surface area contributed by atoms with Crippen LogP contribution in [0.5, 0.6) is 11.5 Å².